The normalized spacial score (nSPS) is 22.6. The van der Waals surface area contributed by atoms with Crippen LogP contribution in [0.1, 0.15) is 24.4 Å². The van der Waals surface area contributed by atoms with E-state index in [4.69, 9.17) is 16.3 Å². The highest BCUT2D eigenvalue weighted by atomic mass is 35.5. The van der Waals surface area contributed by atoms with E-state index in [-0.39, 0.29) is 31.2 Å². The van der Waals surface area contributed by atoms with Gasteiger partial charge < -0.3 is 10.1 Å². The van der Waals surface area contributed by atoms with Gasteiger partial charge in [0, 0.05) is 23.7 Å². The average Bonchev–Trinajstić information content (AvgIpc) is 3.52. The number of epoxide rings is 1. The van der Waals surface area contributed by atoms with Crippen LogP contribution < -0.4 is 21.5 Å². The van der Waals surface area contributed by atoms with E-state index in [1.807, 2.05) is 18.2 Å². The molecule has 3 atom stereocenters. The summed E-state index contributed by atoms with van der Waals surface area (Å²) in [6, 6.07) is 11.8. The number of rotatable bonds is 6. The fourth-order valence-corrected chi connectivity index (χ4v) is 3.76. The monoisotopic (exact) mass is 454 g/mol. The maximum Gasteiger partial charge on any atom is 0.278 e. The Morgan fingerprint density at radius 2 is 1.94 bits per heavy atom. The molecule has 2 saturated heterocycles. The van der Waals surface area contributed by atoms with Crippen molar-refractivity contribution >= 4 is 40.0 Å². The summed E-state index contributed by atoms with van der Waals surface area (Å²) in [4.78, 5) is 36.2. The van der Waals surface area contributed by atoms with E-state index >= 15 is 0 Å². The number of ether oxygens (including phenoxy) is 1. The van der Waals surface area contributed by atoms with Crippen molar-refractivity contribution in [2.45, 2.75) is 37.9 Å². The van der Waals surface area contributed by atoms with Crippen LogP contribution in [0.15, 0.2) is 47.3 Å². The van der Waals surface area contributed by atoms with Gasteiger partial charge in [0.15, 0.2) is 12.5 Å². The molecule has 5 rings (SSSR count). The lowest BCUT2D eigenvalue weighted by atomic mass is 10.1. The predicted molar refractivity (Wildman–Crippen MR) is 116 cm³/mol. The molecule has 3 aromatic rings. The summed E-state index contributed by atoms with van der Waals surface area (Å²) >= 11 is 5.89. The van der Waals surface area contributed by atoms with Crippen molar-refractivity contribution in [2.75, 3.05) is 5.32 Å². The molecular formula is C21H19ClN6O4. The molecule has 10 nitrogen and oxygen atoms in total. The van der Waals surface area contributed by atoms with Gasteiger partial charge in [0.25, 0.3) is 11.5 Å². The number of carbonyl (C=O) groups is 2. The molecule has 2 aliphatic rings. The lowest BCUT2D eigenvalue weighted by Gasteiger charge is -2.21. The van der Waals surface area contributed by atoms with Gasteiger partial charge in [-0.3, -0.25) is 25.0 Å². The van der Waals surface area contributed by atoms with Crippen LogP contribution >= 0.6 is 11.6 Å². The van der Waals surface area contributed by atoms with E-state index in [1.54, 1.807) is 24.3 Å². The number of nitrogens with zero attached hydrogens (tertiary/aromatic N) is 3. The molecule has 0 spiro atoms. The van der Waals surface area contributed by atoms with Gasteiger partial charge in [0.2, 0.25) is 5.91 Å². The van der Waals surface area contributed by atoms with Gasteiger partial charge in [0.1, 0.15) is 11.6 Å². The van der Waals surface area contributed by atoms with Gasteiger partial charge in [-0.15, -0.1) is 5.10 Å². The van der Waals surface area contributed by atoms with Crippen LogP contribution in [0, 0.1) is 0 Å². The number of piperidine rings is 1. The molecule has 0 saturated carbocycles. The number of imide groups is 1. The number of hydrogen-bond donors (Lipinski definition) is 3. The van der Waals surface area contributed by atoms with Crippen LogP contribution in [0.5, 0.6) is 0 Å². The van der Waals surface area contributed by atoms with Crippen LogP contribution in [-0.4, -0.2) is 39.3 Å². The second-order valence-electron chi connectivity index (χ2n) is 7.67. The fraction of sp³-hybridized carbons (Fsp3) is 0.286. The highest BCUT2D eigenvalue weighted by molar-refractivity contribution is 6.30. The van der Waals surface area contributed by atoms with Crippen molar-refractivity contribution in [1.82, 2.24) is 25.6 Å². The number of halogens is 1. The highest BCUT2D eigenvalue weighted by Gasteiger charge is 2.38. The van der Waals surface area contributed by atoms with E-state index in [9.17, 15) is 14.4 Å². The Balaban J connectivity index is 1.23. The Hall–Kier alpha value is -3.34. The number of nitrogens with one attached hydrogen (secondary N) is 3. The minimum absolute atomic E-state index is 0.142. The van der Waals surface area contributed by atoms with E-state index in [1.165, 1.54) is 0 Å². The third-order valence-corrected chi connectivity index (χ3v) is 5.66. The quantitative estimate of drug-likeness (QED) is 0.375. The lowest BCUT2D eigenvalue weighted by Crippen LogP contribution is -2.45. The van der Waals surface area contributed by atoms with Crippen molar-refractivity contribution in [3.8, 4) is 0 Å². The van der Waals surface area contributed by atoms with Crippen LogP contribution in [0.4, 0.5) is 5.69 Å². The van der Waals surface area contributed by atoms with Gasteiger partial charge in [0.05, 0.1) is 5.39 Å². The first kappa shape index (κ1) is 20.6. The number of carbonyl (C=O) groups excluding carboxylic acids is 2. The average molecular weight is 455 g/mol. The Morgan fingerprint density at radius 3 is 2.72 bits per heavy atom. The van der Waals surface area contributed by atoms with Crippen LogP contribution in [-0.2, 0) is 20.9 Å². The zero-order chi connectivity index (χ0) is 22.2. The van der Waals surface area contributed by atoms with Gasteiger partial charge in [-0.2, -0.15) is 4.68 Å². The van der Waals surface area contributed by atoms with E-state index in [2.05, 4.69) is 26.3 Å². The van der Waals surface area contributed by atoms with Crippen molar-refractivity contribution in [3.63, 3.8) is 0 Å². The van der Waals surface area contributed by atoms with Crippen molar-refractivity contribution in [1.29, 1.82) is 0 Å². The molecule has 0 bridgehead atoms. The molecule has 0 aliphatic carbocycles. The molecule has 2 amide bonds. The van der Waals surface area contributed by atoms with Gasteiger partial charge in [-0.25, -0.2) is 0 Å². The Bertz CT molecular complexity index is 1260. The van der Waals surface area contributed by atoms with Crippen LogP contribution in [0.2, 0.25) is 5.02 Å². The van der Waals surface area contributed by atoms with Gasteiger partial charge in [-0.05, 0) is 48.4 Å². The first-order chi connectivity index (χ1) is 15.5. The predicted octanol–water partition coefficient (Wildman–Crippen LogP) is 1.31. The number of hydrogen-bond acceptors (Lipinski definition) is 8. The molecule has 32 heavy (non-hydrogen) atoms. The largest absolute Gasteiger partial charge is 0.357 e. The van der Waals surface area contributed by atoms with Crippen LogP contribution in [0.3, 0.4) is 0 Å². The summed E-state index contributed by atoms with van der Waals surface area (Å²) in [5.41, 5.74) is 1.84. The molecule has 164 valence electrons. The second-order valence-corrected chi connectivity index (χ2v) is 8.10. The standard InChI is InChI=1S/C21H19ClN6O4/c22-12-2-4-13(5-3-12)24-20-19(32-20)23-10-11-1-6-14-15(9-11)26-27-28(21(14)31)16-7-8-17(29)25-18(16)30/h1-6,9,16,19-20,23-24H,7-8,10H2,(H,25,29,30). The van der Waals surface area contributed by atoms with E-state index in [0.717, 1.165) is 15.9 Å². The summed E-state index contributed by atoms with van der Waals surface area (Å²) in [5.74, 6) is -0.889. The Morgan fingerprint density at radius 1 is 1.12 bits per heavy atom. The van der Waals surface area contributed by atoms with Gasteiger partial charge >= 0.3 is 0 Å². The Labute approximate surface area is 186 Å². The highest BCUT2D eigenvalue weighted by Crippen LogP contribution is 2.24. The third kappa shape index (κ3) is 4.20. The number of anilines is 1. The maximum atomic E-state index is 12.8. The first-order valence-corrected chi connectivity index (χ1v) is 10.5. The van der Waals surface area contributed by atoms with Crippen molar-refractivity contribution in [3.05, 3.63) is 63.4 Å². The second kappa shape index (κ2) is 8.30. The summed E-state index contributed by atoms with van der Waals surface area (Å²) in [5, 5.41) is 17.8. The number of benzene rings is 2. The third-order valence-electron chi connectivity index (χ3n) is 5.41. The topological polar surface area (TPSA) is 131 Å². The van der Waals surface area contributed by atoms with Crippen LogP contribution in [0.25, 0.3) is 10.9 Å². The minimum atomic E-state index is -0.837. The van der Waals surface area contributed by atoms with E-state index in [0.29, 0.717) is 22.5 Å². The first-order valence-electron chi connectivity index (χ1n) is 10.1. The fourth-order valence-electron chi connectivity index (χ4n) is 3.64. The molecule has 2 fully saturated rings. The molecule has 0 radical (unpaired) electrons. The van der Waals surface area contributed by atoms with Crippen molar-refractivity contribution < 1.29 is 14.3 Å². The Kier molecular flexibility index (Phi) is 5.33. The number of aromatic nitrogens is 3. The molecule has 3 heterocycles. The lowest BCUT2D eigenvalue weighted by molar-refractivity contribution is -0.136. The molecular weight excluding hydrogens is 436 g/mol. The summed E-state index contributed by atoms with van der Waals surface area (Å²) in [6.07, 6.45) is 0.0917. The molecule has 3 unspecified atom stereocenters. The summed E-state index contributed by atoms with van der Waals surface area (Å²) < 4.78 is 6.63. The SMILES string of the molecule is O=C1CCC(n2nnc3cc(CNC4OC4Nc4ccc(Cl)cc4)ccc3c2=O)C(=O)N1. The molecule has 2 aliphatic heterocycles. The molecule has 2 aromatic carbocycles. The van der Waals surface area contributed by atoms with Crippen molar-refractivity contribution in [2.24, 2.45) is 0 Å². The number of fused-ring (bicyclic) bond motifs is 1. The maximum absolute atomic E-state index is 12.8. The van der Waals surface area contributed by atoms with E-state index < -0.39 is 17.5 Å². The molecule has 11 heteroatoms. The minimum Gasteiger partial charge on any atom is -0.357 e. The smallest absolute Gasteiger partial charge is 0.278 e. The van der Waals surface area contributed by atoms with Gasteiger partial charge in [-0.1, -0.05) is 22.9 Å². The molecule has 3 N–H and O–H groups in total. The zero-order valence-corrected chi connectivity index (χ0v) is 17.5. The molecule has 1 aromatic heterocycles. The number of amides is 2. The zero-order valence-electron chi connectivity index (χ0n) is 16.7. The summed E-state index contributed by atoms with van der Waals surface area (Å²) in [7, 11) is 0. The summed E-state index contributed by atoms with van der Waals surface area (Å²) in [6.45, 7) is 0.511.